The molecule has 1 atom stereocenters. The largest absolute Gasteiger partial charge is 0.462 e. The first-order valence-electron chi connectivity index (χ1n) is 7.49. The Labute approximate surface area is 133 Å². The molecule has 126 valence electrons. The smallest absolute Gasteiger partial charge is 0.333 e. The Hall–Kier alpha value is -1.65. The fourth-order valence-corrected chi connectivity index (χ4v) is 2.13. The Morgan fingerprint density at radius 1 is 1.09 bits per heavy atom. The normalized spacial score (nSPS) is 12.7. The lowest BCUT2D eigenvalue weighted by Gasteiger charge is -2.36. The van der Waals surface area contributed by atoms with Gasteiger partial charge in [-0.25, -0.2) is 4.79 Å². The lowest BCUT2D eigenvalue weighted by Crippen LogP contribution is -2.41. The minimum absolute atomic E-state index is 0.0484. The first kappa shape index (κ1) is 20.3. The Bertz CT molecular complexity index is 434. The molecule has 0 spiro atoms. The Balaban J connectivity index is 4.76. The molecule has 22 heavy (non-hydrogen) atoms. The van der Waals surface area contributed by atoms with Crippen molar-refractivity contribution >= 4 is 17.7 Å². The Kier molecular flexibility index (Phi) is 8.06. The van der Waals surface area contributed by atoms with Gasteiger partial charge >= 0.3 is 11.9 Å². The number of ether oxygens (including phenoxy) is 2. The number of hydrogen-bond acceptors (Lipinski definition) is 5. The summed E-state index contributed by atoms with van der Waals surface area (Å²) in [6.07, 6.45) is -0.167. The van der Waals surface area contributed by atoms with Gasteiger partial charge in [0.2, 0.25) is 0 Å². The van der Waals surface area contributed by atoms with Crippen LogP contribution in [-0.4, -0.2) is 30.4 Å². The van der Waals surface area contributed by atoms with E-state index in [1.54, 1.807) is 6.92 Å². The maximum Gasteiger partial charge on any atom is 0.333 e. The number of Topliss-reactive ketones (excluding diaryl/α,β-unsaturated/α-hetero) is 1. The molecule has 0 bridgehead atoms. The van der Waals surface area contributed by atoms with Gasteiger partial charge < -0.3 is 14.3 Å². The number of esters is 2. The molecular weight excluding hydrogens is 284 g/mol. The molecule has 0 aliphatic carbocycles. The van der Waals surface area contributed by atoms with Crippen molar-refractivity contribution in [2.45, 2.75) is 60.5 Å². The summed E-state index contributed by atoms with van der Waals surface area (Å²) in [5.74, 6) is -0.862. The van der Waals surface area contributed by atoms with Crippen molar-refractivity contribution in [3.8, 4) is 0 Å². The van der Waals surface area contributed by atoms with Gasteiger partial charge in [0.1, 0.15) is 18.5 Å². The van der Waals surface area contributed by atoms with E-state index < -0.39 is 23.5 Å². The first-order valence-corrected chi connectivity index (χ1v) is 7.49. The second-order valence-corrected chi connectivity index (χ2v) is 6.70. The van der Waals surface area contributed by atoms with Crippen molar-refractivity contribution in [3.63, 3.8) is 0 Å². The summed E-state index contributed by atoms with van der Waals surface area (Å²) in [6, 6.07) is 0. The zero-order valence-corrected chi connectivity index (χ0v) is 14.5. The Morgan fingerprint density at radius 2 is 1.64 bits per heavy atom. The van der Waals surface area contributed by atoms with Crippen LogP contribution in [0.3, 0.4) is 0 Å². The van der Waals surface area contributed by atoms with Crippen LogP contribution >= 0.6 is 0 Å². The maximum absolute atomic E-state index is 11.9. The van der Waals surface area contributed by atoms with Gasteiger partial charge in [-0.3, -0.25) is 4.79 Å². The van der Waals surface area contributed by atoms with Crippen molar-refractivity contribution in [3.05, 3.63) is 12.2 Å². The predicted octanol–water partition coefficient (Wildman–Crippen LogP) is 3.07. The van der Waals surface area contributed by atoms with Crippen molar-refractivity contribution < 1.29 is 23.9 Å². The molecule has 0 saturated heterocycles. The van der Waals surface area contributed by atoms with E-state index >= 15 is 0 Å². The predicted molar refractivity (Wildman–Crippen MR) is 84.2 cm³/mol. The highest BCUT2D eigenvalue weighted by molar-refractivity contribution is 5.86. The van der Waals surface area contributed by atoms with E-state index in [-0.39, 0.29) is 31.1 Å². The second kappa shape index (κ2) is 8.71. The molecule has 0 amide bonds. The zero-order valence-electron chi connectivity index (χ0n) is 14.5. The van der Waals surface area contributed by atoms with E-state index in [4.69, 9.17) is 9.47 Å². The quantitative estimate of drug-likeness (QED) is 0.483. The lowest BCUT2D eigenvalue weighted by atomic mass is 9.81. The molecule has 5 nitrogen and oxygen atoms in total. The molecule has 0 fully saturated rings. The Morgan fingerprint density at radius 3 is 2.05 bits per heavy atom. The molecule has 0 aliphatic heterocycles. The van der Waals surface area contributed by atoms with E-state index in [2.05, 4.69) is 6.58 Å². The highest BCUT2D eigenvalue weighted by Gasteiger charge is 2.36. The van der Waals surface area contributed by atoms with Gasteiger partial charge in [0, 0.05) is 17.4 Å². The molecule has 0 saturated carbocycles. The van der Waals surface area contributed by atoms with Crippen LogP contribution in [-0.2, 0) is 23.9 Å². The van der Waals surface area contributed by atoms with Crippen LogP contribution in [0, 0.1) is 11.3 Å². The molecule has 0 aromatic rings. The van der Waals surface area contributed by atoms with Crippen molar-refractivity contribution in [1.29, 1.82) is 0 Å². The summed E-state index contributed by atoms with van der Waals surface area (Å²) in [6.45, 7) is 14.3. The zero-order chi connectivity index (χ0) is 17.5. The fourth-order valence-electron chi connectivity index (χ4n) is 2.13. The van der Waals surface area contributed by atoms with E-state index in [1.165, 1.54) is 6.92 Å². The first-order chi connectivity index (χ1) is 9.97. The molecule has 5 heteroatoms. The van der Waals surface area contributed by atoms with Crippen LogP contribution in [0.5, 0.6) is 0 Å². The summed E-state index contributed by atoms with van der Waals surface area (Å²) in [7, 11) is 0. The van der Waals surface area contributed by atoms with Crippen LogP contribution in [0.4, 0.5) is 0 Å². The summed E-state index contributed by atoms with van der Waals surface area (Å²) >= 11 is 0. The lowest BCUT2D eigenvalue weighted by molar-refractivity contribution is -0.165. The number of carbonyl (C=O) groups excluding carboxylic acids is 3. The van der Waals surface area contributed by atoms with Crippen molar-refractivity contribution in [2.24, 2.45) is 11.3 Å². The number of carbonyl (C=O) groups is 3. The summed E-state index contributed by atoms with van der Waals surface area (Å²) < 4.78 is 10.7. The highest BCUT2D eigenvalue weighted by atomic mass is 16.6. The SMILES string of the molecule is C=C(C)C(=O)OCC(C)(C)C(OC(=O)CCC(C)=O)C(C)C. The van der Waals surface area contributed by atoms with Gasteiger partial charge in [-0.05, 0) is 19.8 Å². The molecule has 0 aliphatic rings. The monoisotopic (exact) mass is 312 g/mol. The van der Waals surface area contributed by atoms with Gasteiger partial charge in [0.05, 0.1) is 6.42 Å². The minimum atomic E-state index is -0.537. The standard InChI is InChI=1S/C17H28O5/c1-11(2)15(22-14(19)9-8-13(5)18)17(6,7)10-21-16(20)12(3)4/h11,15H,3,8-10H2,1-2,4-7H3. The second-order valence-electron chi connectivity index (χ2n) is 6.70. The molecule has 0 aromatic heterocycles. The molecule has 0 N–H and O–H groups in total. The molecule has 0 radical (unpaired) electrons. The average Bonchev–Trinajstić information content (AvgIpc) is 2.39. The van der Waals surface area contributed by atoms with Gasteiger partial charge in [-0.15, -0.1) is 0 Å². The average molecular weight is 312 g/mol. The van der Waals surface area contributed by atoms with Gasteiger partial charge in [0.15, 0.2) is 0 Å². The number of hydrogen-bond donors (Lipinski definition) is 0. The maximum atomic E-state index is 11.9. The molecule has 0 aromatic carbocycles. The molecular formula is C17H28O5. The fraction of sp³-hybridized carbons (Fsp3) is 0.706. The van der Waals surface area contributed by atoms with Gasteiger partial charge in [-0.1, -0.05) is 34.3 Å². The number of rotatable bonds is 9. The molecule has 1 unspecified atom stereocenters. The van der Waals surface area contributed by atoms with E-state index in [0.717, 1.165) is 0 Å². The van der Waals surface area contributed by atoms with Crippen LogP contribution < -0.4 is 0 Å². The molecule has 0 rings (SSSR count). The third-order valence-corrected chi connectivity index (χ3v) is 3.24. The van der Waals surface area contributed by atoms with Crippen molar-refractivity contribution in [2.75, 3.05) is 6.61 Å². The van der Waals surface area contributed by atoms with Crippen LogP contribution in [0.15, 0.2) is 12.2 Å². The van der Waals surface area contributed by atoms with Gasteiger partial charge in [-0.2, -0.15) is 0 Å². The van der Waals surface area contributed by atoms with Crippen LogP contribution in [0.1, 0.15) is 54.4 Å². The van der Waals surface area contributed by atoms with E-state index in [9.17, 15) is 14.4 Å². The van der Waals surface area contributed by atoms with E-state index in [1.807, 2.05) is 27.7 Å². The van der Waals surface area contributed by atoms with Crippen LogP contribution in [0.25, 0.3) is 0 Å². The van der Waals surface area contributed by atoms with Crippen molar-refractivity contribution in [1.82, 2.24) is 0 Å². The van der Waals surface area contributed by atoms with Crippen LogP contribution in [0.2, 0.25) is 0 Å². The van der Waals surface area contributed by atoms with Gasteiger partial charge in [0.25, 0.3) is 0 Å². The topological polar surface area (TPSA) is 69.7 Å². The summed E-state index contributed by atoms with van der Waals surface area (Å²) in [5, 5.41) is 0. The molecule has 0 heterocycles. The number of ketones is 1. The minimum Gasteiger partial charge on any atom is -0.462 e. The highest BCUT2D eigenvalue weighted by Crippen LogP contribution is 2.30. The summed E-state index contributed by atoms with van der Waals surface area (Å²) in [5.41, 5.74) is -0.208. The third kappa shape index (κ3) is 7.38. The summed E-state index contributed by atoms with van der Waals surface area (Å²) in [4.78, 5) is 34.3. The van der Waals surface area contributed by atoms with E-state index in [0.29, 0.717) is 5.57 Å². The third-order valence-electron chi connectivity index (χ3n) is 3.24.